The fraction of sp³-hybridized carbons (Fsp3) is 0.600. The Morgan fingerprint density at radius 2 is 1.97 bits per heavy atom. The Morgan fingerprint density at radius 1 is 1.26 bits per heavy atom. The highest BCUT2D eigenvalue weighted by Crippen LogP contribution is 2.33. The van der Waals surface area contributed by atoms with Crippen LogP contribution in [0.25, 0.3) is 5.57 Å². The van der Waals surface area contributed by atoms with Gasteiger partial charge in [-0.1, -0.05) is 39.8 Å². The summed E-state index contributed by atoms with van der Waals surface area (Å²) in [5, 5.41) is 3.82. The Morgan fingerprint density at radius 3 is 2.52 bits per heavy atom. The number of nitrogens with one attached hydrogen (secondary N) is 1. The third kappa shape index (κ3) is 7.62. The lowest BCUT2D eigenvalue weighted by Gasteiger charge is -2.08. The standard InChI is InChI=1S/C19H26N2O2S.C6H13N/c1-6-9-20-18(22)17-13(4)21-19(24-17)15-10-14(12(2)3)7-8-16(11-15)23-5;1-2-7-5-3-4-6-7/h7-8,10,12H,6,9,11H2,1-5H3,(H,20,22);2-6H2,1H3. The van der Waals surface area contributed by atoms with E-state index in [1.807, 2.05) is 19.9 Å². The number of carbonyl (C=O) groups is 1. The molecule has 1 aliphatic carbocycles. The molecule has 0 unspecified atom stereocenters. The number of amides is 1. The van der Waals surface area contributed by atoms with Crippen molar-refractivity contribution in [1.29, 1.82) is 0 Å². The van der Waals surface area contributed by atoms with E-state index >= 15 is 0 Å². The number of aromatic nitrogens is 1. The van der Waals surface area contributed by atoms with Gasteiger partial charge >= 0.3 is 0 Å². The Bertz CT molecular complexity index is 815. The first-order chi connectivity index (χ1) is 14.9. The molecular weight excluding hydrogens is 406 g/mol. The van der Waals surface area contributed by atoms with Crippen molar-refractivity contribution in [1.82, 2.24) is 15.2 Å². The molecule has 0 atom stereocenters. The summed E-state index contributed by atoms with van der Waals surface area (Å²) in [6, 6.07) is 0. The summed E-state index contributed by atoms with van der Waals surface area (Å²) in [4.78, 5) is 20.1. The topological polar surface area (TPSA) is 54.5 Å². The third-order valence-electron chi connectivity index (χ3n) is 5.56. The summed E-state index contributed by atoms with van der Waals surface area (Å²) in [6.45, 7) is 15.1. The predicted molar refractivity (Wildman–Crippen MR) is 131 cm³/mol. The first-order valence-electron chi connectivity index (χ1n) is 11.5. The number of allylic oxidation sites excluding steroid dienone is 5. The molecule has 0 radical (unpaired) electrons. The summed E-state index contributed by atoms with van der Waals surface area (Å²) >= 11 is 1.46. The van der Waals surface area contributed by atoms with Gasteiger partial charge in [-0.25, -0.2) is 4.98 Å². The number of likely N-dealkylation sites (tertiary alicyclic amines) is 1. The lowest BCUT2D eigenvalue weighted by atomic mass is 10.0. The van der Waals surface area contributed by atoms with Crippen molar-refractivity contribution in [2.45, 2.75) is 60.3 Å². The van der Waals surface area contributed by atoms with E-state index in [0.717, 1.165) is 28.5 Å². The summed E-state index contributed by atoms with van der Waals surface area (Å²) < 4.78 is 5.46. The maximum absolute atomic E-state index is 12.3. The zero-order valence-corrected chi connectivity index (χ0v) is 20.9. The Balaban J connectivity index is 0.000000412. The minimum atomic E-state index is -0.0329. The van der Waals surface area contributed by atoms with E-state index < -0.39 is 0 Å². The average molecular weight is 446 g/mol. The molecule has 2 aliphatic rings. The van der Waals surface area contributed by atoms with Crippen molar-refractivity contribution in [3.05, 3.63) is 45.1 Å². The highest BCUT2D eigenvalue weighted by molar-refractivity contribution is 7.14. The number of carbonyl (C=O) groups excluding carboxylic acids is 1. The number of hydrogen-bond donors (Lipinski definition) is 1. The summed E-state index contributed by atoms with van der Waals surface area (Å²) in [5.41, 5.74) is 3.12. The molecule has 0 saturated carbocycles. The maximum atomic E-state index is 12.3. The Kier molecular flexibility index (Phi) is 10.5. The van der Waals surface area contributed by atoms with Crippen molar-refractivity contribution in [2.24, 2.45) is 5.92 Å². The second kappa shape index (κ2) is 12.8. The molecule has 31 heavy (non-hydrogen) atoms. The zero-order valence-electron chi connectivity index (χ0n) is 20.1. The number of methoxy groups -OCH3 is 1. The predicted octanol–water partition coefficient (Wildman–Crippen LogP) is 5.59. The molecule has 1 aliphatic heterocycles. The van der Waals surface area contributed by atoms with Crippen LogP contribution in [0.2, 0.25) is 0 Å². The van der Waals surface area contributed by atoms with Gasteiger partial charge < -0.3 is 15.0 Å². The van der Waals surface area contributed by atoms with Crippen LogP contribution in [-0.4, -0.2) is 49.1 Å². The molecule has 1 aromatic heterocycles. The van der Waals surface area contributed by atoms with Gasteiger partial charge in [0.25, 0.3) is 5.91 Å². The number of ether oxygens (including phenoxy) is 1. The molecule has 0 aromatic carbocycles. The third-order valence-corrected chi connectivity index (χ3v) is 6.79. The molecule has 1 amide bonds. The first-order valence-corrected chi connectivity index (χ1v) is 12.3. The fourth-order valence-electron chi connectivity index (χ4n) is 3.53. The SMILES string of the molecule is CCCNC(=O)c1sc(C2=CC(C(C)C)=CC=C(OC)C2)nc1C.CCN1CCCC1. The van der Waals surface area contributed by atoms with E-state index in [4.69, 9.17) is 4.74 Å². The van der Waals surface area contributed by atoms with Gasteiger partial charge in [-0.05, 0) is 69.0 Å². The molecule has 2 heterocycles. The highest BCUT2D eigenvalue weighted by atomic mass is 32.1. The van der Waals surface area contributed by atoms with Crippen LogP contribution < -0.4 is 5.32 Å². The normalized spacial score (nSPS) is 16.7. The van der Waals surface area contributed by atoms with Crippen LogP contribution in [-0.2, 0) is 4.74 Å². The number of thiazole rings is 1. The van der Waals surface area contributed by atoms with E-state index in [2.05, 4.69) is 48.1 Å². The minimum Gasteiger partial charge on any atom is -0.501 e. The molecule has 5 nitrogen and oxygen atoms in total. The minimum absolute atomic E-state index is 0.0329. The first kappa shape index (κ1) is 25.3. The molecule has 0 bridgehead atoms. The second-order valence-electron chi connectivity index (χ2n) is 8.34. The molecule has 172 valence electrons. The summed E-state index contributed by atoms with van der Waals surface area (Å²) in [6.07, 6.45) is 10.8. The number of nitrogens with zero attached hydrogens (tertiary/aromatic N) is 2. The number of hydrogen-bond acceptors (Lipinski definition) is 5. The largest absolute Gasteiger partial charge is 0.501 e. The number of rotatable bonds is 7. The zero-order chi connectivity index (χ0) is 22.8. The van der Waals surface area contributed by atoms with Crippen molar-refractivity contribution in [3.8, 4) is 0 Å². The molecule has 1 saturated heterocycles. The van der Waals surface area contributed by atoms with Crippen LogP contribution in [0.15, 0.2) is 29.6 Å². The monoisotopic (exact) mass is 445 g/mol. The van der Waals surface area contributed by atoms with Crippen LogP contribution in [0, 0.1) is 12.8 Å². The van der Waals surface area contributed by atoms with E-state index in [-0.39, 0.29) is 5.91 Å². The van der Waals surface area contributed by atoms with Crippen LogP contribution in [0.4, 0.5) is 0 Å². The van der Waals surface area contributed by atoms with Gasteiger partial charge in [0.1, 0.15) is 9.88 Å². The molecule has 0 spiro atoms. The highest BCUT2D eigenvalue weighted by Gasteiger charge is 2.19. The Hall–Kier alpha value is -1.92. The quantitative estimate of drug-likeness (QED) is 0.594. The summed E-state index contributed by atoms with van der Waals surface area (Å²) in [5.74, 6) is 1.29. The van der Waals surface area contributed by atoms with Gasteiger partial charge in [-0.3, -0.25) is 4.79 Å². The van der Waals surface area contributed by atoms with Gasteiger partial charge in [0.05, 0.1) is 18.6 Å². The van der Waals surface area contributed by atoms with Crippen LogP contribution in [0.5, 0.6) is 0 Å². The maximum Gasteiger partial charge on any atom is 0.263 e. The van der Waals surface area contributed by atoms with Gasteiger partial charge in [0.15, 0.2) is 0 Å². The van der Waals surface area contributed by atoms with E-state index in [9.17, 15) is 4.79 Å². The molecule has 1 aromatic rings. The van der Waals surface area contributed by atoms with Gasteiger partial charge in [0.2, 0.25) is 0 Å². The van der Waals surface area contributed by atoms with Crippen molar-refractivity contribution in [2.75, 3.05) is 33.3 Å². The lowest BCUT2D eigenvalue weighted by molar-refractivity contribution is 0.0957. The van der Waals surface area contributed by atoms with E-state index in [0.29, 0.717) is 23.8 Å². The molecule has 3 rings (SSSR count). The van der Waals surface area contributed by atoms with Crippen molar-refractivity contribution < 1.29 is 9.53 Å². The van der Waals surface area contributed by atoms with Crippen molar-refractivity contribution >= 4 is 22.8 Å². The smallest absolute Gasteiger partial charge is 0.263 e. The van der Waals surface area contributed by atoms with E-state index in [1.165, 1.54) is 49.4 Å². The van der Waals surface area contributed by atoms with Crippen LogP contribution in [0.1, 0.15) is 73.8 Å². The van der Waals surface area contributed by atoms with Gasteiger partial charge in [-0.2, -0.15) is 0 Å². The summed E-state index contributed by atoms with van der Waals surface area (Å²) in [7, 11) is 1.69. The fourth-order valence-corrected chi connectivity index (χ4v) is 4.53. The van der Waals surface area contributed by atoms with Crippen molar-refractivity contribution in [3.63, 3.8) is 0 Å². The molecule has 1 fully saturated rings. The van der Waals surface area contributed by atoms with Gasteiger partial charge in [0, 0.05) is 13.0 Å². The molecule has 1 N–H and O–H groups in total. The molecule has 6 heteroatoms. The van der Waals surface area contributed by atoms with Gasteiger partial charge in [-0.15, -0.1) is 11.3 Å². The van der Waals surface area contributed by atoms with Crippen LogP contribution >= 0.6 is 11.3 Å². The molecular formula is C25H39N3O2S. The average Bonchev–Trinajstić information content (AvgIpc) is 3.37. The van der Waals surface area contributed by atoms with E-state index in [1.54, 1.807) is 7.11 Å². The number of aryl methyl sites for hydroxylation is 1. The second-order valence-corrected chi connectivity index (χ2v) is 9.33. The Labute approximate surface area is 192 Å². The lowest BCUT2D eigenvalue weighted by Crippen LogP contribution is -2.23. The van der Waals surface area contributed by atoms with Crippen LogP contribution in [0.3, 0.4) is 0 Å².